The highest BCUT2D eigenvalue weighted by Crippen LogP contribution is 2.37. The van der Waals surface area contributed by atoms with Crippen LogP contribution in [-0.4, -0.2) is 43.9 Å². The van der Waals surface area contributed by atoms with Gasteiger partial charge < -0.3 is 19.9 Å². The third-order valence-electron chi connectivity index (χ3n) is 7.20. The first-order valence-corrected chi connectivity index (χ1v) is 14.1. The number of nitrogens with zero attached hydrogens (tertiary/aromatic N) is 3. The summed E-state index contributed by atoms with van der Waals surface area (Å²) in [7, 11) is 1.97. The monoisotopic (exact) mass is 584 g/mol. The van der Waals surface area contributed by atoms with Crippen molar-refractivity contribution in [1.29, 1.82) is 0 Å². The Bertz CT molecular complexity index is 1660. The zero-order valence-electron chi connectivity index (χ0n) is 24.1. The van der Waals surface area contributed by atoms with E-state index in [-0.39, 0.29) is 25.3 Å². The summed E-state index contributed by atoms with van der Waals surface area (Å²) in [4.78, 5) is 44.5. The van der Waals surface area contributed by atoms with E-state index >= 15 is 0 Å². The maximum Gasteiger partial charge on any atom is 0.306 e. The first kappa shape index (κ1) is 29.1. The summed E-state index contributed by atoms with van der Waals surface area (Å²) in [6, 6.07) is 22.2. The molecule has 1 aliphatic heterocycles. The maximum atomic E-state index is 13.4. The van der Waals surface area contributed by atoms with Crippen LogP contribution < -0.4 is 5.73 Å². The molecular formula is C33H33ClN4O4. The smallest absolute Gasteiger partial charge is 0.306 e. The first-order valence-electron chi connectivity index (χ1n) is 13.8. The van der Waals surface area contributed by atoms with Crippen LogP contribution >= 0.6 is 11.6 Å². The molecule has 0 aliphatic carbocycles. The molecule has 1 atom stereocenters. The summed E-state index contributed by atoms with van der Waals surface area (Å²) in [5.74, 6) is -0.676. The molecular weight excluding hydrogens is 552 g/mol. The van der Waals surface area contributed by atoms with Crippen molar-refractivity contribution in [3.8, 4) is 33.9 Å². The van der Waals surface area contributed by atoms with Gasteiger partial charge in [0.25, 0.3) is 5.91 Å². The number of amides is 2. The van der Waals surface area contributed by atoms with Gasteiger partial charge in [0.1, 0.15) is 17.5 Å². The van der Waals surface area contributed by atoms with Gasteiger partial charge >= 0.3 is 5.97 Å². The second-order valence-corrected chi connectivity index (χ2v) is 11.8. The molecule has 0 saturated heterocycles. The number of fused-ring (bicyclic) bond motifs is 1. The van der Waals surface area contributed by atoms with E-state index in [9.17, 15) is 14.4 Å². The topological polar surface area (TPSA) is 108 Å². The van der Waals surface area contributed by atoms with Crippen LogP contribution in [-0.2, 0) is 27.9 Å². The Kier molecular flexibility index (Phi) is 7.93. The number of carbonyl (C=O) groups excluding carboxylic acids is 3. The maximum absolute atomic E-state index is 13.4. The summed E-state index contributed by atoms with van der Waals surface area (Å²) in [5, 5.41) is 0.643. The van der Waals surface area contributed by atoms with Crippen molar-refractivity contribution in [2.45, 2.75) is 51.8 Å². The number of carbonyl (C=O) groups is 3. The molecule has 2 heterocycles. The number of rotatable bonds is 8. The molecule has 1 aliphatic rings. The third-order valence-corrected chi connectivity index (χ3v) is 7.45. The van der Waals surface area contributed by atoms with Crippen LogP contribution in [0.3, 0.4) is 0 Å². The minimum atomic E-state index is -0.935. The predicted molar refractivity (Wildman–Crippen MR) is 162 cm³/mol. The number of halogens is 1. The summed E-state index contributed by atoms with van der Waals surface area (Å²) < 4.78 is 7.41. The minimum absolute atomic E-state index is 0.0285. The van der Waals surface area contributed by atoms with Crippen molar-refractivity contribution in [3.05, 3.63) is 88.9 Å². The fourth-order valence-electron chi connectivity index (χ4n) is 5.33. The standard InChI is InChI=1S/C33H33ClN4O4/c1-33(2,3)42-27(39)17-16-26(30(35)40)38-19-23-18-22(12-15-25(23)32(38)41)31-36-28(20-10-13-24(34)14-11-20)29(37(31)4)21-8-6-5-7-9-21/h5-15,18,26H,16-17,19H2,1-4H3,(H2,35,40). The van der Waals surface area contributed by atoms with E-state index < -0.39 is 23.5 Å². The lowest BCUT2D eigenvalue weighted by atomic mass is 10.0. The van der Waals surface area contributed by atoms with Crippen LogP contribution in [0.25, 0.3) is 33.9 Å². The first-order chi connectivity index (χ1) is 19.9. The number of ether oxygens (including phenoxy) is 1. The molecule has 8 nitrogen and oxygen atoms in total. The Morgan fingerprint density at radius 3 is 2.31 bits per heavy atom. The van der Waals surface area contributed by atoms with Gasteiger partial charge in [-0.3, -0.25) is 14.4 Å². The van der Waals surface area contributed by atoms with E-state index in [1.807, 2.05) is 78.3 Å². The van der Waals surface area contributed by atoms with Gasteiger partial charge in [-0.15, -0.1) is 0 Å². The lowest BCUT2D eigenvalue weighted by Crippen LogP contribution is -2.45. The van der Waals surface area contributed by atoms with Gasteiger partial charge in [-0.1, -0.05) is 60.1 Å². The van der Waals surface area contributed by atoms with Crippen LogP contribution in [0.5, 0.6) is 0 Å². The van der Waals surface area contributed by atoms with Crippen molar-refractivity contribution >= 4 is 29.4 Å². The summed E-state index contributed by atoms with van der Waals surface area (Å²) in [6.45, 7) is 5.52. The van der Waals surface area contributed by atoms with E-state index in [0.717, 1.165) is 39.5 Å². The number of primary amides is 1. The Hall–Kier alpha value is -4.43. The molecule has 2 N–H and O–H groups in total. The van der Waals surface area contributed by atoms with E-state index in [1.165, 1.54) is 4.90 Å². The van der Waals surface area contributed by atoms with Crippen LogP contribution in [0, 0.1) is 0 Å². The quantitative estimate of drug-likeness (QED) is 0.255. The number of benzene rings is 3. The van der Waals surface area contributed by atoms with Gasteiger partial charge in [0.15, 0.2) is 0 Å². The Labute approximate surface area is 250 Å². The van der Waals surface area contributed by atoms with Gasteiger partial charge in [-0.2, -0.15) is 0 Å². The lowest BCUT2D eigenvalue weighted by molar-refractivity contribution is -0.155. The van der Waals surface area contributed by atoms with Gasteiger partial charge in [-0.25, -0.2) is 4.98 Å². The highest BCUT2D eigenvalue weighted by atomic mass is 35.5. The van der Waals surface area contributed by atoms with Crippen molar-refractivity contribution in [1.82, 2.24) is 14.5 Å². The molecule has 1 unspecified atom stereocenters. The summed E-state index contributed by atoms with van der Waals surface area (Å²) in [6.07, 6.45) is 0.0559. The van der Waals surface area contributed by atoms with Gasteiger partial charge in [0.2, 0.25) is 5.91 Å². The van der Waals surface area contributed by atoms with Crippen LogP contribution in [0.4, 0.5) is 0 Å². The SMILES string of the molecule is Cn1c(-c2ccc3c(c2)CN(C(CCC(=O)OC(C)(C)C)C(N)=O)C3=O)nc(-c2ccc(Cl)cc2)c1-c1ccccc1. The average molecular weight is 585 g/mol. The molecule has 0 bridgehead atoms. The molecule has 216 valence electrons. The molecule has 0 spiro atoms. The van der Waals surface area contributed by atoms with Crippen molar-refractivity contribution in [3.63, 3.8) is 0 Å². The second kappa shape index (κ2) is 11.4. The second-order valence-electron chi connectivity index (χ2n) is 11.4. The lowest BCUT2D eigenvalue weighted by Gasteiger charge is -2.25. The van der Waals surface area contributed by atoms with Gasteiger partial charge in [0.05, 0.1) is 11.4 Å². The number of hydrogen-bond acceptors (Lipinski definition) is 5. The van der Waals surface area contributed by atoms with Crippen molar-refractivity contribution in [2.75, 3.05) is 0 Å². The summed E-state index contributed by atoms with van der Waals surface area (Å²) in [5.41, 5.74) is 10.8. The zero-order valence-corrected chi connectivity index (χ0v) is 24.8. The van der Waals surface area contributed by atoms with E-state index in [0.29, 0.717) is 10.6 Å². The molecule has 3 aromatic carbocycles. The molecule has 0 saturated carbocycles. The van der Waals surface area contributed by atoms with E-state index in [1.54, 1.807) is 26.8 Å². The highest BCUT2D eigenvalue weighted by molar-refractivity contribution is 6.30. The number of nitrogens with two attached hydrogens (primary N) is 1. The van der Waals surface area contributed by atoms with Crippen LogP contribution in [0.1, 0.15) is 49.5 Å². The fourth-order valence-corrected chi connectivity index (χ4v) is 5.45. The molecule has 0 fully saturated rings. The Morgan fingerprint density at radius 1 is 1.00 bits per heavy atom. The van der Waals surface area contributed by atoms with Crippen molar-refractivity contribution in [2.24, 2.45) is 12.8 Å². The minimum Gasteiger partial charge on any atom is -0.460 e. The zero-order chi connectivity index (χ0) is 30.2. The van der Waals surface area contributed by atoms with Gasteiger partial charge in [-0.05, 0) is 57.0 Å². The number of esters is 1. The molecule has 5 rings (SSSR count). The summed E-state index contributed by atoms with van der Waals surface area (Å²) >= 11 is 6.16. The Balaban J connectivity index is 1.47. The van der Waals surface area contributed by atoms with E-state index in [4.69, 9.17) is 27.1 Å². The van der Waals surface area contributed by atoms with Crippen LogP contribution in [0.15, 0.2) is 72.8 Å². The third kappa shape index (κ3) is 5.94. The average Bonchev–Trinajstić information content (AvgIpc) is 3.45. The Morgan fingerprint density at radius 2 is 1.67 bits per heavy atom. The van der Waals surface area contributed by atoms with Crippen LogP contribution in [0.2, 0.25) is 5.02 Å². The van der Waals surface area contributed by atoms with Gasteiger partial charge in [0, 0.05) is 47.3 Å². The molecule has 9 heteroatoms. The number of imidazole rings is 1. The molecule has 42 heavy (non-hydrogen) atoms. The van der Waals surface area contributed by atoms with E-state index in [2.05, 4.69) is 0 Å². The molecule has 0 radical (unpaired) electrons. The molecule has 4 aromatic rings. The fraction of sp³-hybridized carbons (Fsp3) is 0.273. The number of hydrogen-bond donors (Lipinski definition) is 1. The molecule has 2 amide bonds. The normalized spacial score (nSPS) is 13.6. The number of aromatic nitrogens is 2. The molecule has 1 aromatic heterocycles. The predicted octanol–water partition coefficient (Wildman–Crippen LogP) is 6.01. The van der Waals surface area contributed by atoms with Crippen molar-refractivity contribution < 1.29 is 19.1 Å². The highest BCUT2D eigenvalue weighted by Gasteiger charge is 2.36. The largest absolute Gasteiger partial charge is 0.460 e.